The number of carboxylic acid groups (broad SMARTS) is 1. The van der Waals surface area contributed by atoms with Crippen LogP contribution in [-0.4, -0.2) is 41.5 Å². The van der Waals surface area contributed by atoms with E-state index in [0.29, 0.717) is 24.5 Å². The van der Waals surface area contributed by atoms with Gasteiger partial charge in [-0.1, -0.05) is 0 Å². The third kappa shape index (κ3) is 4.33. The lowest BCUT2D eigenvalue weighted by Crippen LogP contribution is -2.37. The van der Waals surface area contributed by atoms with E-state index in [-0.39, 0.29) is 12.5 Å². The molecule has 1 heterocycles. The Morgan fingerprint density at radius 2 is 2.00 bits per heavy atom. The molecular formula is C13H20N2O3S. The van der Waals surface area contributed by atoms with Crippen LogP contribution >= 0.6 is 11.3 Å². The normalized spacial score (nSPS) is 10.5. The predicted octanol–water partition coefficient (Wildman–Crippen LogP) is 1.71. The van der Waals surface area contributed by atoms with Crippen molar-refractivity contribution in [1.82, 2.24) is 10.2 Å². The van der Waals surface area contributed by atoms with Gasteiger partial charge in [0.1, 0.15) is 4.88 Å². The van der Waals surface area contributed by atoms with E-state index in [0.717, 1.165) is 10.4 Å². The first-order valence-corrected chi connectivity index (χ1v) is 7.12. The molecule has 0 aliphatic heterocycles. The number of aryl methyl sites for hydroxylation is 1. The molecule has 0 aliphatic carbocycles. The van der Waals surface area contributed by atoms with Gasteiger partial charge in [-0.15, -0.1) is 11.3 Å². The van der Waals surface area contributed by atoms with E-state index in [1.165, 1.54) is 11.3 Å². The Morgan fingerprint density at radius 3 is 2.47 bits per heavy atom. The molecule has 5 nitrogen and oxygen atoms in total. The molecule has 6 heteroatoms. The van der Waals surface area contributed by atoms with E-state index in [2.05, 4.69) is 5.32 Å². The highest BCUT2D eigenvalue weighted by Gasteiger charge is 2.12. The third-order valence-electron chi connectivity index (χ3n) is 2.94. The number of carbonyl (C=O) groups is 2. The first kappa shape index (κ1) is 15.7. The number of nitrogens with zero attached hydrogens (tertiary/aromatic N) is 1. The lowest BCUT2D eigenvalue weighted by atomic mass is 10.2. The Kier molecular flexibility index (Phi) is 5.98. The van der Waals surface area contributed by atoms with E-state index in [9.17, 15) is 9.59 Å². The van der Waals surface area contributed by atoms with Gasteiger partial charge in [-0.05, 0) is 32.4 Å². The summed E-state index contributed by atoms with van der Waals surface area (Å²) in [6.07, 6.45) is 0. The topological polar surface area (TPSA) is 69.6 Å². The molecular weight excluding hydrogens is 264 g/mol. The van der Waals surface area contributed by atoms with Gasteiger partial charge in [0.25, 0.3) is 0 Å². The van der Waals surface area contributed by atoms with Gasteiger partial charge >= 0.3 is 5.97 Å². The van der Waals surface area contributed by atoms with Gasteiger partial charge < -0.3 is 15.3 Å². The summed E-state index contributed by atoms with van der Waals surface area (Å²) in [5, 5.41) is 12.0. The summed E-state index contributed by atoms with van der Waals surface area (Å²) in [4.78, 5) is 25.7. The van der Waals surface area contributed by atoms with Crippen molar-refractivity contribution in [2.24, 2.45) is 0 Å². The average Bonchev–Trinajstić information content (AvgIpc) is 2.73. The lowest BCUT2D eigenvalue weighted by molar-refractivity contribution is -0.129. The van der Waals surface area contributed by atoms with E-state index in [1.807, 2.05) is 20.8 Å². The molecule has 2 N–H and O–H groups in total. The highest BCUT2D eigenvalue weighted by molar-refractivity contribution is 7.14. The van der Waals surface area contributed by atoms with Crippen LogP contribution in [0.5, 0.6) is 0 Å². The fraction of sp³-hybridized carbons (Fsp3) is 0.538. The van der Waals surface area contributed by atoms with Crippen LogP contribution in [-0.2, 0) is 11.3 Å². The SMILES string of the molecule is CCN(CC)C(=O)CNCc1cc(C(=O)O)sc1C. The Bertz CT molecular complexity index is 453. The molecule has 0 saturated carbocycles. The number of carbonyl (C=O) groups excluding carboxylic acids is 1. The van der Waals surface area contributed by atoms with Crippen molar-refractivity contribution in [3.8, 4) is 0 Å². The number of thiophene rings is 1. The maximum Gasteiger partial charge on any atom is 0.345 e. The Labute approximate surface area is 117 Å². The fourth-order valence-electron chi connectivity index (χ4n) is 1.79. The van der Waals surface area contributed by atoms with Crippen molar-refractivity contribution >= 4 is 23.2 Å². The summed E-state index contributed by atoms with van der Waals surface area (Å²) < 4.78 is 0. The van der Waals surface area contributed by atoms with Gasteiger partial charge in [-0.2, -0.15) is 0 Å². The maximum absolute atomic E-state index is 11.8. The van der Waals surface area contributed by atoms with Gasteiger partial charge in [0.05, 0.1) is 6.54 Å². The second kappa shape index (κ2) is 7.25. The van der Waals surface area contributed by atoms with Gasteiger partial charge in [0.15, 0.2) is 0 Å². The molecule has 19 heavy (non-hydrogen) atoms. The zero-order valence-corrected chi connectivity index (χ0v) is 12.3. The minimum atomic E-state index is -0.904. The number of rotatable bonds is 7. The van der Waals surface area contributed by atoms with Crippen molar-refractivity contribution in [3.05, 3.63) is 21.4 Å². The van der Waals surface area contributed by atoms with Gasteiger partial charge in [-0.25, -0.2) is 4.79 Å². The van der Waals surface area contributed by atoms with Crippen molar-refractivity contribution in [2.75, 3.05) is 19.6 Å². The molecule has 1 aromatic heterocycles. The Balaban J connectivity index is 2.49. The van der Waals surface area contributed by atoms with E-state index >= 15 is 0 Å². The molecule has 0 unspecified atom stereocenters. The first-order chi connectivity index (χ1) is 8.99. The van der Waals surface area contributed by atoms with Crippen LogP contribution in [0.2, 0.25) is 0 Å². The number of nitrogens with one attached hydrogen (secondary N) is 1. The highest BCUT2D eigenvalue weighted by Crippen LogP contribution is 2.21. The summed E-state index contributed by atoms with van der Waals surface area (Å²) in [6.45, 7) is 7.99. The molecule has 0 radical (unpaired) electrons. The molecule has 1 rings (SSSR count). The van der Waals surface area contributed by atoms with E-state index in [4.69, 9.17) is 5.11 Å². The molecule has 0 fully saturated rings. The Morgan fingerprint density at radius 1 is 1.37 bits per heavy atom. The smallest absolute Gasteiger partial charge is 0.345 e. The first-order valence-electron chi connectivity index (χ1n) is 6.30. The standard InChI is InChI=1S/C13H20N2O3S/c1-4-15(5-2)12(16)8-14-7-10-6-11(13(17)18)19-9(10)3/h6,14H,4-5,7-8H2,1-3H3,(H,17,18). The largest absolute Gasteiger partial charge is 0.477 e. The number of hydrogen-bond donors (Lipinski definition) is 2. The molecule has 1 amide bonds. The molecule has 0 saturated heterocycles. The molecule has 0 aliphatic rings. The quantitative estimate of drug-likeness (QED) is 0.800. The predicted molar refractivity (Wildman–Crippen MR) is 75.7 cm³/mol. The lowest BCUT2D eigenvalue weighted by Gasteiger charge is -2.18. The van der Waals surface area contributed by atoms with E-state index in [1.54, 1.807) is 11.0 Å². The Hall–Kier alpha value is -1.40. The zero-order chi connectivity index (χ0) is 14.4. The summed E-state index contributed by atoms with van der Waals surface area (Å²) >= 11 is 1.26. The van der Waals surface area contributed by atoms with Crippen molar-refractivity contribution in [3.63, 3.8) is 0 Å². The highest BCUT2D eigenvalue weighted by atomic mass is 32.1. The number of carboxylic acids is 1. The monoisotopic (exact) mass is 284 g/mol. The minimum absolute atomic E-state index is 0.0661. The fourth-order valence-corrected chi connectivity index (χ4v) is 2.67. The summed E-state index contributed by atoms with van der Waals surface area (Å²) in [6, 6.07) is 1.66. The van der Waals surface area contributed by atoms with Crippen molar-refractivity contribution in [2.45, 2.75) is 27.3 Å². The summed E-state index contributed by atoms with van der Waals surface area (Å²) in [7, 11) is 0. The molecule has 106 valence electrons. The molecule has 1 aromatic rings. The van der Waals surface area contributed by atoms with Gasteiger partial charge in [-0.3, -0.25) is 4.79 Å². The number of amides is 1. The molecule has 0 atom stereocenters. The summed E-state index contributed by atoms with van der Waals surface area (Å²) in [5.74, 6) is -0.838. The summed E-state index contributed by atoms with van der Waals surface area (Å²) in [5.41, 5.74) is 0.940. The van der Waals surface area contributed by atoms with Crippen LogP contribution in [0.1, 0.15) is 34.0 Å². The van der Waals surface area contributed by atoms with Crippen LogP contribution in [0.3, 0.4) is 0 Å². The maximum atomic E-state index is 11.8. The molecule has 0 aromatic carbocycles. The number of likely N-dealkylation sites (N-methyl/N-ethyl adjacent to an activating group) is 1. The number of aromatic carboxylic acids is 1. The average molecular weight is 284 g/mol. The number of hydrogen-bond acceptors (Lipinski definition) is 4. The van der Waals surface area contributed by atoms with Crippen molar-refractivity contribution in [1.29, 1.82) is 0 Å². The van der Waals surface area contributed by atoms with E-state index < -0.39 is 5.97 Å². The van der Waals surface area contributed by atoms with Gasteiger partial charge in [0, 0.05) is 24.5 Å². The van der Waals surface area contributed by atoms with Crippen LogP contribution in [0.4, 0.5) is 0 Å². The third-order valence-corrected chi connectivity index (χ3v) is 4.02. The second-order valence-electron chi connectivity index (χ2n) is 4.17. The van der Waals surface area contributed by atoms with Crippen LogP contribution < -0.4 is 5.32 Å². The van der Waals surface area contributed by atoms with Gasteiger partial charge in [0.2, 0.25) is 5.91 Å². The van der Waals surface area contributed by atoms with Crippen LogP contribution in [0, 0.1) is 6.92 Å². The van der Waals surface area contributed by atoms with Crippen LogP contribution in [0.25, 0.3) is 0 Å². The minimum Gasteiger partial charge on any atom is -0.477 e. The zero-order valence-electron chi connectivity index (χ0n) is 11.5. The molecule has 0 bridgehead atoms. The van der Waals surface area contributed by atoms with Crippen molar-refractivity contribution < 1.29 is 14.7 Å². The van der Waals surface area contributed by atoms with Crippen LogP contribution in [0.15, 0.2) is 6.07 Å². The molecule has 0 spiro atoms. The second-order valence-corrected chi connectivity index (χ2v) is 5.42.